The topological polar surface area (TPSA) is 67.4 Å². The van der Waals surface area contributed by atoms with Gasteiger partial charge in [0.15, 0.2) is 0 Å². The van der Waals surface area contributed by atoms with E-state index in [0.29, 0.717) is 18.5 Å². The number of halogens is 6. The van der Waals surface area contributed by atoms with Crippen molar-refractivity contribution in [2.75, 3.05) is 12.4 Å². The highest BCUT2D eigenvalue weighted by Crippen LogP contribution is 2.42. The van der Waals surface area contributed by atoms with Crippen LogP contribution in [0.4, 0.5) is 36.8 Å². The summed E-state index contributed by atoms with van der Waals surface area (Å²) in [5.41, 5.74) is -0.545. The van der Waals surface area contributed by atoms with Crippen LogP contribution in [-0.4, -0.2) is 31.3 Å². The summed E-state index contributed by atoms with van der Waals surface area (Å²) in [6.07, 6.45) is -7.98. The highest BCUT2D eigenvalue weighted by atomic mass is 19.4. The Hall–Kier alpha value is -3.76. The number of carbonyl (C=O) groups excluding carboxylic acids is 2. The first kappa shape index (κ1) is 26.3. The third kappa shape index (κ3) is 5.81. The van der Waals surface area contributed by atoms with E-state index in [1.165, 1.54) is 13.2 Å². The quantitative estimate of drug-likeness (QED) is 0.452. The van der Waals surface area contributed by atoms with Crippen molar-refractivity contribution in [1.29, 1.82) is 0 Å². The van der Waals surface area contributed by atoms with Crippen molar-refractivity contribution < 1.29 is 40.7 Å². The number of methoxy groups -OCH3 is 1. The van der Waals surface area contributed by atoms with E-state index in [4.69, 9.17) is 0 Å². The minimum absolute atomic E-state index is 0.00300. The smallest absolute Gasteiger partial charge is 0.417 e. The van der Waals surface area contributed by atoms with E-state index in [1.54, 1.807) is 18.2 Å². The number of fused-ring (bicyclic) bond motifs is 1. The highest BCUT2D eigenvalue weighted by Gasteiger charge is 2.38. The maximum atomic E-state index is 13.8. The van der Waals surface area contributed by atoms with Gasteiger partial charge in [-0.3, -0.25) is 4.79 Å². The summed E-state index contributed by atoms with van der Waals surface area (Å²) in [5, 5.41) is 5.31. The van der Waals surface area contributed by atoms with Crippen LogP contribution >= 0.6 is 0 Å². The number of anilines is 1. The van der Waals surface area contributed by atoms with Crippen LogP contribution in [0.5, 0.6) is 0 Å². The average Bonchev–Trinajstić information content (AvgIpc) is 3.23. The lowest BCUT2D eigenvalue weighted by molar-refractivity contribution is -0.137. The van der Waals surface area contributed by atoms with Crippen molar-refractivity contribution in [3.8, 4) is 0 Å². The maximum Gasteiger partial charge on any atom is 0.417 e. The summed E-state index contributed by atoms with van der Waals surface area (Å²) in [6.45, 7) is 0. The molecule has 37 heavy (non-hydrogen) atoms. The number of alkyl halides is 6. The summed E-state index contributed by atoms with van der Waals surface area (Å²) in [7, 11) is 1.25. The van der Waals surface area contributed by atoms with E-state index in [0.717, 1.165) is 35.4 Å². The van der Waals surface area contributed by atoms with Gasteiger partial charge in [0.2, 0.25) is 0 Å². The molecular formula is C26H22F6N2O3. The molecule has 196 valence electrons. The van der Waals surface area contributed by atoms with Gasteiger partial charge in [-0.2, -0.15) is 26.3 Å². The van der Waals surface area contributed by atoms with Crippen LogP contribution in [0.25, 0.3) is 5.57 Å². The molecule has 0 fully saturated rings. The minimum atomic E-state index is -4.82. The molecule has 0 bridgehead atoms. The van der Waals surface area contributed by atoms with E-state index >= 15 is 0 Å². The van der Waals surface area contributed by atoms with Crippen molar-refractivity contribution in [3.05, 3.63) is 81.9 Å². The molecule has 2 aromatic rings. The first-order valence-electron chi connectivity index (χ1n) is 11.3. The number of benzene rings is 2. The van der Waals surface area contributed by atoms with Crippen LogP contribution in [0.2, 0.25) is 0 Å². The van der Waals surface area contributed by atoms with Crippen molar-refractivity contribution in [2.45, 2.75) is 44.1 Å². The second-order valence-electron chi connectivity index (χ2n) is 8.79. The van der Waals surface area contributed by atoms with Crippen LogP contribution in [0.1, 0.15) is 45.5 Å². The largest absolute Gasteiger partial charge is 0.453 e. The number of rotatable bonds is 4. The Kier molecular flexibility index (Phi) is 7.07. The maximum absolute atomic E-state index is 13.8. The van der Waals surface area contributed by atoms with E-state index in [2.05, 4.69) is 15.4 Å². The van der Waals surface area contributed by atoms with Crippen LogP contribution in [0, 0.1) is 0 Å². The average molecular weight is 524 g/mol. The molecule has 5 nitrogen and oxygen atoms in total. The SMILES string of the molecule is COC(=O)N[C@@H]1Cc2ccc(NC(=O)c3cccc(C(F)(F)F)c3C3=CC=C(C(F)(F)F)CC3)cc2C1. The molecule has 1 atom stereocenters. The molecule has 0 aliphatic heterocycles. The molecule has 4 rings (SSSR count). The standard InChI is InChI=1S/C26H22F6N2O3/c1-37-24(36)34-19-11-15-7-10-18(12-16(15)13-19)33-23(35)20-3-2-4-21(26(30,31)32)22(20)14-5-8-17(9-6-14)25(27,28)29/h2-5,7-8,10,12,19H,6,9,11,13H2,1H3,(H,33,35)(H,34,36)/t19-/m1/s1. The lowest BCUT2D eigenvalue weighted by Gasteiger charge is -2.22. The lowest BCUT2D eigenvalue weighted by atomic mass is 9.87. The number of carbonyl (C=O) groups is 2. The van der Waals surface area contributed by atoms with Crippen LogP contribution < -0.4 is 10.6 Å². The van der Waals surface area contributed by atoms with Crippen molar-refractivity contribution in [3.63, 3.8) is 0 Å². The number of alkyl carbamates (subject to hydrolysis) is 1. The fraction of sp³-hybridized carbons (Fsp3) is 0.308. The van der Waals surface area contributed by atoms with Gasteiger partial charge in [-0.05, 0) is 66.6 Å². The Bertz CT molecular complexity index is 1290. The molecule has 0 aromatic heterocycles. The van der Waals surface area contributed by atoms with Gasteiger partial charge in [0, 0.05) is 28.4 Å². The Balaban J connectivity index is 1.63. The molecule has 0 saturated heterocycles. The van der Waals surface area contributed by atoms with Gasteiger partial charge in [0.05, 0.1) is 12.7 Å². The van der Waals surface area contributed by atoms with Gasteiger partial charge in [-0.1, -0.05) is 24.3 Å². The molecule has 0 saturated carbocycles. The third-order valence-corrected chi connectivity index (χ3v) is 6.35. The molecule has 0 unspecified atom stereocenters. The fourth-order valence-electron chi connectivity index (χ4n) is 4.63. The van der Waals surface area contributed by atoms with Crippen LogP contribution in [0.3, 0.4) is 0 Å². The number of ether oxygens (including phenoxy) is 1. The predicted octanol–water partition coefficient (Wildman–Crippen LogP) is 6.45. The lowest BCUT2D eigenvalue weighted by Crippen LogP contribution is -2.35. The summed E-state index contributed by atoms with van der Waals surface area (Å²) in [5.74, 6) is -0.824. The molecule has 2 aliphatic carbocycles. The van der Waals surface area contributed by atoms with Crippen molar-refractivity contribution in [2.24, 2.45) is 0 Å². The molecule has 2 amide bonds. The Morgan fingerprint density at radius 3 is 2.27 bits per heavy atom. The highest BCUT2D eigenvalue weighted by molar-refractivity contribution is 6.08. The Morgan fingerprint density at radius 2 is 1.65 bits per heavy atom. The summed E-state index contributed by atoms with van der Waals surface area (Å²) in [4.78, 5) is 24.6. The number of amides is 2. The van der Waals surface area contributed by atoms with Crippen LogP contribution in [-0.2, 0) is 23.8 Å². The molecule has 0 spiro atoms. The molecule has 0 heterocycles. The van der Waals surface area contributed by atoms with Gasteiger partial charge in [-0.25, -0.2) is 4.79 Å². The third-order valence-electron chi connectivity index (χ3n) is 6.35. The van der Waals surface area contributed by atoms with Crippen molar-refractivity contribution >= 4 is 23.3 Å². The number of nitrogens with one attached hydrogen (secondary N) is 2. The van der Waals surface area contributed by atoms with Gasteiger partial charge in [-0.15, -0.1) is 0 Å². The van der Waals surface area contributed by atoms with Gasteiger partial charge in [0.1, 0.15) is 0 Å². The second kappa shape index (κ2) is 9.95. The minimum Gasteiger partial charge on any atom is -0.453 e. The summed E-state index contributed by atoms with van der Waals surface area (Å²) >= 11 is 0. The van der Waals surface area contributed by atoms with Gasteiger partial charge in [0.25, 0.3) is 5.91 Å². The molecule has 2 aliphatic rings. The van der Waals surface area contributed by atoms with E-state index in [1.807, 2.05) is 0 Å². The van der Waals surface area contributed by atoms with Gasteiger partial charge >= 0.3 is 18.4 Å². The van der Waals surface area contributed by atoms with E-state index in [9.17, 15) is 35.9 Å². The summed E-state index contributed by atoms with van der Waals surface area (Å²) < 4.78 is 85.2. The second-order valence-corrected chi connectivity index (χ2v) is 8.79. The fourth-order valence-corrected chi connectivity index (χ4v) is 4.63. The molecule has 2 N–H and O–H groups in total. The zero-order chi connectivity index (χ0) is 27.0. The first-order chi connectivity index (χ1) is 17.4. The predicted molar refractivity (Wildman–Crippen MR) is 124 cm³/mol. The molecule has 0 radical (unpaired) electrons. The normalized spacial score (nSPS) is 17.4. The molecular weight excluding hydrogens is 502 g/mol. The first-order valence-corrected chi connectivity index (χ1v) is 11.3. The Morgan fingerprint density at radius 1 is 0.919 bits per heavy atom. The van der Waals surface area contributed by atoms with Crippen LogP contribution in [0.15, 0.2) is 54.1 Å². The number of allylic oxidation sites excluding steroid dienone is 4. The van der Waals surface area contributed by atoms with E-state index in [-0.39, 0.29) is 23.6 Å². The van der Waals surface area contributed by atoms with Gasteiger partial charge < -0.3 is 15.4 Å². The monoisotopic (exact) mass is 524 g/mol. The van der Waals surface area contributed by atoms with E-state index < -0.39 is 47.5 Å². The zero-order valence-corrected chi connectivity index (χ0v) is 19.5. The van der Waals surface area contributed by atoms with Crippen molar-refractivity contribution in [1.82, 2.24) is 5.32 Å². The summed E-state index contributed by atoms with van der Waals surface area (Å²) in [6, 6.07) is 7.95. The Labute approximate surface area is 208 Å². The number of hydrogen-bond acceptors (Lipinski definition) is 3. The molecule has 2 aromatic carbocycles. The zero-order valence-electron chi connectivity index (χ0n) is 19.5. The number of hydrogen-bond donors (Lipinski definition) is 2. The molecule has 11 heteroatoms.